The molecule has 0 aliphatic carbocycles. The Kier molecular flexibility index (Phi) is 36.7. The molecule has 1 amide bonds. The minimum atomic E-state index is -1.10. The van der Waals surface area contributed by atoms with E-state index in [1.807, 2.05) is 6.08 Å². The zero-order valence-electron chi connectivity index (χ0n) is 31.4. The average Bonchev–Trinajstić information content (AvgIpc) is 3.07. The largest absolute Gasteiger partial charge is 0.394 e. The molecule has 3 atom stereocenters. The molecule has 47 heavy (non-hydrogen) atoms. The Hall–Kier alpha value is -1.17. The first-order valence-electron chi connectivity index (χ1n) is 20.7. The first-order chi connectivity index (χ1) is 23.1. The Morgan fingerprint density at radius 2 is 0.872 bits per heavy atom. The van der Waals surface area contributed by atoms with Crippen LogP contribution in [-0.2, 0) is 4.79 Å². The summed E-state index contributed by atoms with van der Waals surface area (Å²) in [5, 5.41) is 33.0. The van der Waals surface area contributed by atoms with Gasteiger partial charge < -0.3 is 20.6 Å². The van der Waals surface area contributed by atoms with E-state index in [0.29, 0.717) is 6.42 Å². The Morgan fingerprint density at radius 3 is 1.30 bits per heavy atom. The van der Waals surface area contributed by atoms with Crippen LogP contribution in [0.3, 0.4) is 0 Å². The van der Waals surface area contributed by atoms with Crippen LogP contribution >= 0.6 is 0 Å². The number of aliphatic hydroxyl groups excluding tert-OH is 3. The minimum Gasteiger partial charge on any atom is -0.394 e. The van der Waals surface area contributed by atoms with E-state index in [1.54, 1.807) is 6.08 Å². The number of unbranched alkanes of at least 4 members (excludes halogenated alkanes) is 27. The van der Waals surface area contributed by atoms with Crippen molar-refractivity contribution in [3.8, 4) is 0 Å². The molecule has 0 bridgehead atoms. The molecule has 0 saturated heterocycles. The van der Waals surface area contributed by atoms with Gasteiger partial charge in [-0.2, -0.15) is 0 Å². The van der Waals surface area contributed by atoms with E-state index in [9.17, 15) is 20.1 Å². The summed E-state index contributed by atoms with van der Waals surface area (Å²) in [6.45, 7) is 4.17. The first-order valence-corrected chi connectivity index (χ1v) is 20.7. The van der Waals surface area contributed by atoms with Crippen LogP contribution in [0.5, 0.6) is 0 Å². The second kappa shape index (κ2) is 37.6. The topological polar surface area (TPSA) is 89.8 Å². The molecule has 0 fully saturated rings. The molecule has 0 heterocycles. The van der Waals surface area contributed by atoms with Crippen molar-refractivity contribution in [1.82, 2.24) is 5.32 Å². The zero-order valence-corrected chi connectivity index (χ0v) is 31.4. The van der Waals surface area contributed by atoms with Crippen molar-refractivity contribution < 1.29 is 20.1 Å². The monoisotopic (exact) mass is 664 g/mol. The number of hydrogen-bond donors (Lipinski definition) is 4. The highest BCUT2D eigenvalue weighted by atomic mass is 16.3. The van der Waals surface area contributed by atoms with Crippen molar-refractivity contribution >= 4 is 5.91 Å². The third-order valence-electron chi connectivity index (χ3n) is 9.54. The van der Waals surface area contributed by atoms with E-state index < -0.39 is 24.2 Å². The fourth-order valence-corrected chi connectivity index (χ4v) is 6.26. The fourth-order valence-electron chi connectivity index (χ4n) is 6.26. The molecule has 5 nitrogen and oxygen atoms in total. The second-order valence-electron chi connectivity index (χ2n) is 14.2. The quantitative estimate of drug-likeness (QED) is 0.0393. The SMILES string of the molecule is CCCCCCCCCCCCCCC/C=C/CC/C=C/C(O)C(CO)NC(=O)C(O)CCCCCCCCCCCCCCCC. The first kappa shape index (κ1) is 45.8. The summed E-state index contributed by atoms with van der Waals surface area (Å²) in [5.41, 5.74) is 0. The maximum atomic E-state index is 12.4. The van der Waals surface area contributed by atoms with Gasteiger partial charge in [-0.3, -0.25) is 4.79 Å². The van der Waals surface area contributed by atoms with Gasteiger partial charge in [0.05, 0.1) is 18.8 Å². The third-order valence-corrected chi connectivity index (χ3v) is 9.54. The van der Waals surface area contributed by atoms with Crippen molar-refractivity contribution in [3.05, 3.63) is 24.3 Å². The molecule has 0 aliphatic heterocycles. The second-order valence-corrected chi connectivity index (χ2v) is 14.2. The van der Waals surface area contributed by atoms with Crippen molar-refractivity contribution in [3.63, 3.8) is 0 Å². The van der Waals surface area contributed by atoms with Crippen LogP contribution in [0, 0.1) is 0 Å². The summed E-state index contributed by atoms with van der Waals surface area (Å²) < 4.78 is 0. The molecule has 0 radical (unpaired) electrons. The Bertz CT molecular complexity index is 694. The average molecular weight is 664 g/mol. The van der Waals surface area contributed by atoms with Gasteiger partial charge in [-0.25, -0.2) is 0 Å². The third kappa shape index (κ3) is 33.1. The molecule has 0 saturated carbocycles. The van der Waals surface area contributed by atoms with Gasteiger partial charge in [-0.1, -0.05) is 205 Å². The maximum absolute atomic E-state index is 12.4. The normalized spacial score (nSPS) is 13.9. The van der Waals surface area contributed by atoms with E-state index >= 15 is 0 Å². The van der Waals surface area contributed by atoms with Crippen LogP contribution in [0.25, 0.3) is 0 Å². The number of aliphatic hydroxyl groups is 3. The van der Waals surface area contributed by atoms with Crippen molar-refractivity contribution in [2.75, 3.05) is 6.61 Å². The molecule has 0 rings (SSSR count). The van der Waals surface area contributed by atoms with E-state index in [4.69, 9.17) is 0 Å². The summed E-state index contributed by atoms with van der Waals surface area (Å²) in [6, 6.07) is -0.809. The fraction of sp³-hybridized carbons (Fsp3) is 0.881. The van der Waals surface area contributed by atoms with Gasteiger partial charge in [0.25, 0.3) is 0 Å². The number of carbonyl (C=O) groups is 1. The summed E-state index contributed by atoms with van der Waals surface area (Å²) in [6.07, 6.45) is 44.9. The number of hydrogen-bond acceptors (Lipinski definition) is 4. The van der Waals surface area contributed by atoms with Crippen LogP contribution in [0.4, 0.5) is 0 Å². The van der Waals surface area contributed by atoms with E-state index in [-0.39, 0.29) is 6.61 Å². The maximum Gasteiger partial charge on any atom is 0.249 e. The molecule has 0 aromatic heterocycles. The van der Waals surface area contributed by atoms with Crippen LogP contribution in [-0.4, -0.2) is 46.1 Å². The molecule has 0 aliphatic rings. The van der Waals surface area contributed by atoms with Crippen LogP contribution in [0.2, 0.25) is 0 Å². The standard InChI is InChI=1S/C42H81NO4/c1-3-5-7-9-11-13-15-17-19-20-21-22-23-25-26-28-30-32-34-36-40(45)39(38-44)43-42(47)41(46)37-35-33-31-29-27-24-18-16-14-12-10-8-6-4-2/h26,28,34,36,39-41,44-46H,3-25,27,29-33,35,37-38H2,1-2H3,(H,43,47)/b28-26+,36-34+. The summed E-state index contributed by atoms with van der Waals surface area (Å²) >= 11 is 0. The molecule has 0 aromatic rings. The summed E-state index contributed by atoms with van der Waals surface area (Å²) in [4.78, 5) is 12.4. The van der Waals surface area contributed by atoms with Gasteiger partial charge in [0.15, 0.2) is 0 Å². The minimum absolute atomic E-state index is 0.373. The van der Waals surface area contributed by atoms with E-state index in [2.05, 4.69) is 31.3 Å². The Balaban J connectivity index is 3.73. The smallest absolute Gasteiger partial charge is 0.249 e. The lowest BCUT2D eigenvalue weighted by Crippen LogP contribution is -2.48. The Labute approximate surface area is 292 Å². The molecule has 4 N–H and O–H groups in total. The van der Waals surface area contributed by atoms with E-state index in [0.717, 1.165) is 38.5 Å². The van der Waals surface area contributed by atoms with Crippen LogP contribution < -0.4 is 5.32 Å². The molecule has 0 aromatic carbocycles. The van der Waals surface area contributed by atoms with E-state index in [1.165, 1.54) is 154 Å². The number of nitrogens with one attached hydrogen (secondary N) is 1. The lowest BCUT2D eigenvalue weighted by atomic mass is 10.0. The molecule has 278 valence electrons. The Morgan fingerprint density at radius 1 is 0.511 bits per heavy atom. The predicted octanol–water partition coefficient (Wildman–Crippen LogP) is 11.4. The van der Waals surface area contributed by atoms with Gasteiger partial charge in [0.1, 0.15) is 6.10 Å². The number of carbonyl (C=O) groups excluding carboxylic acids is 1. The van der Waals surface area contributed by atoms with Crippen LogP contribution in [0.1, 0.15) is 213 Å². The zero-order chi connectivity index (χ0) is 34.5. The number of rotatable bonds is 37. The van der Waals surface area contributed by atoms with Crippen molar-refractivity contribution in [2.24, 2.45) is 0 Å². The van der Waals surface area contributed by atoms with Gasteiger partial charge in [0.2, 0.25) is 5.91 Å². The predicted molar refractivity (Wildman–Crippen MR) is 204 cm³/mol. The van der Waals surface area contributed by atoms with Crippen molar-refractivity contribution in [2.45, 2.75) is 231 Å². The van der Waals surface area contributed by atoms with Gasteiger partial charge in [-0.05, 0) is 32.1 Å². The highest BCUT2D eigenvalue weighted by molar-refractivity contribution is 5.80. The number of amides is 1. The molecule has 0 spiro atoms. The molecular weight excluding hydrogens is 582 g/mol. The van der Waals surface area contributed by atoms with Gasteiger partial charge in [-0.15, -0.1) is 0 Å². The summed E-state index contributed by atoms with van der Waals surface area (Å²) in [5.74, 6) is -0.512. The van der Waals surface area contributed by atoms with Crippen LogP contribution in [0.15, 0.2) is 24.3 Å². The number of allylic oxidation sites excluding steroid dienone is 3. The lowest BCUT2D eigenvalue weighted by molar-refractivity contribution is -0.131. The lowest BCUT2D eigenvalue weighted by Gasteiger charge is -2.21. The van der Waals surface area contributed by atoms with Gasteiger partial charge >= 0.3 is 0 Å². The molecule has 3 unspecified atom stereocenters. The van der Waals surface area contributed by atoms with Crippen molar-refractivity contribution in [1.29, 1.82) is 0 Å². The highest BCUT2D eigenvalue weighted by Gasteiger charge is 2.22. The molecular formula is C42H81NO4. The summed E-state index contributed by atoms with van der Waals surface area (Å²) in [7, 11) is 0. The molecule has 5 heteroatoms. The highest BCUT2D eigenvalue weighted by Crippen LogP contribution is 2.15. The van der Waals surface area contributed by atoms with Gasteiger partial charge in [0, 0.05) is 0 Å².